The monoisotopic (exact) mass is 354 g/mol. The number of rotatable bonds is 1. The zero-order valence-corrected chi connectivity index (χ0v) is 13.4. The van der Waals surface area contributed by atoms with Crippen molar-refractivity contribution in [3.8, 4) is 0 Å². The first-order chi connectivity index (χ1) is 10.3. The topological polar surface area (TPSA) is 16.1 Å². The molecule has 0 saturated carbocycles. The van der Waals surface area contributed by atoms with Crippen molar-refractivity contribution in [3.05, 3.63) is 71.3 Å². The molecule has 0 aliphatic carbocycles. The molecule has 2 nitrogen and oxygen atoms in total. The summed E-state index contributed by atoms with van der Waals surface area (Å²) in [5.74, 6) is 0.921. The number of halogens is 1. The minimum Gasteiger partial charge on any atom is -0.293 e. The van der Waals surface area contributed by atoms with Crippen molar-refractivity contribution < 1.29 is 0 Å². The van der Waals surface area contributed by atoms with Gasteiger partial charge in [0.1, 0.15) is 10.4 Å². The number of pyridine rings is 1. The molecule has 1 aliphatic heterocycles. The number of hydrogen-bond acceptors (Lipinski definition) is 3. The highest BCUT2D eigenvalue weighted by Gasteiger charge is 2.24. The fourth-order valence-electron chi connectivity index (χ4n) is 2.47. The average Bonchev–Trinajstić information content (AvgIpc) is 2.52. The molecule has 0 atom stereocenters. The van der Waals surface area contributed by atoms with Crippen LogP contribution in [0.1, 0.15) is 0 Å². The highest BCUT2D eigenvalue weighted by Crippen LogP contribution is 2.50. The van der Waals surface area contributed by atoms with Gasteiger partial charge in [0.25, 0.3) is 0 Å². The maximum atomic E-state index is 4.63. The Hall–Kier alpha value is -1.78. The third-order valence-electron chi connectivity index (χ3n) is 3.36. The van der Waals surface area contributed by atoms with E-state index < -0.39 is 0 Å². The number of hydrogen-bond donors (Lipinski definition) is 0. The van der Waals surface area contributed by atoms with Gasteiger partial charge in [-0.25, -0.2) is 4.98 Å². The quantitative estimate of drug-likeness (QED) is 0.403. The Bertz CT molecular complexity index is 774. The first-order valence-electron chi connectivity index (χ1n) is 6.61. The van der Waals surface area contributed by atoms with E-state index in [1.165, 1.54) is 21.2 Å². The van der Waals surface area contributed by atoms with Crippen molar-refractivity contribution in [1.82, 2.24) is 4.98 Å². The third kappa shape index (κ3) is 2.24. The molecule has 0 saturated heterocycles. The van der Waals surface area contributed by atoms with Crippen LogP contribution in [-0.2, 0) is 0 Å². The Morgan fingerprint density at radius 1 is 0.762 bits per heavy atom. The van der Waals surface area contributed by atoms with Gasteiger partial charge in [-0.1, -0.05) is 42.1 Å². The highest BCUT2D eigenvalue weighted by molar-refractivity contribution is 9.10. The molecule has 0 unspecified atom stereocenters. The molecule has 0 N–H and O–H groups in total. The van der Waals surface area contributed by atoms with Crippen LogP contribution in [0.15, 0.2) is 81.1 Å². The van der Waals surface area contributed by atoms with Gasteiger partial charge in [0.2, 0.25) is 0 Å². The van der Waals surface area contributed by atoms with Crippen molar-refractivity contribution in [3.63, 3.8) is 0 Å². The molecule has 0 amide bonds. The summed E-state index contributed by atoms with van der Waals surface area (Å²) in [7, 11) is 0. The van der Waals surface area contributed by atoms with Crippen LogP contribution >= 0.6 is 27.7 Å². The normalized spacial score (nSPS) is 12.7. The second kappa shape index (κ2) is 5.20. The standard InChI is InChI=1S/C17H11BrN2S/c18-16-10-5-11-17(19-16)20-12-6-1-3-8-14(12)21-15-9-4-2-7-13(15)20/h1-11H. The maximum absolute atomic E-state index is 4.63. The Morgan fingerprint density at radius 2 is 1.38 bits per heavy atom. The summed E-state index contributed by atoms with van der Waals surface area (Å²) in [6.45, 7) is 0. The van der Waals surface area contributed by atoms with E-state index in [1.54, 1.807) is 11.8 Å². The first-order valence-corrected chi connectivity index (χ1v) is 8.22. The van der Waals surface area contributed by atoms with E-state index in [2.05, 4.69) is 74.3 Å². The lowest BCUT2D eigenvalue weighted by molar-refractivity contribution is 1.10. The van der Waals surface area contributed by atoms with Gasteiger partial charge in [-0.2, -0.15) is 0 Å². The van der Waals surface area contributed by atoms with Crippen LogP contribution in [0.2, 0.25) is 0 Å². The number of benzene rings is 2. The van der Waals surface area contributed by atoms with E-state index in [9.17, 15) is 0 Å². The maximum Gasteiger partial charge on any atom is 0.138 e. The summed E-state index contributed by atoms with van der Waals surface area (Å²) >= 11 is 5.27. The van der Waals surface area contributed by atoms with E-state index >= 15 is 0 Å². The summed E-state index contributed by atoms with van der Waals surface area (Å²) in [5.41, 5.74) is 2.35. The van der Waals surface area contributed by atoms with Crippen LogP contribution < -0.4 is 4.90 Å². The predicted octanol–water partition coefficient (Wildman–Crippen LogP) is 5.78. The van der Waals surface area contributed by atoms with E-state index in [0.29, 0.717) is 0 Å². The molecule has 0 fully saturated rings. The van der Waals surface area contributed by atoms with Gasteiger partial charge in [-0.15, -0.1) is 0 Å². The van der Waals surface area contributed by atoms with E-state index in [4.69, 9.17) is 0 Å². The summed E-state index contributed by atoms with van der Waals surface area (Å²) in [6, 6.07) is 22.9. The van der Waals surface area contributed by atoms with Gasteiger partial charge in [-0.05, 0) is 52.3 Å². The molecule has 3 aromatic rings. The van der Waals surface area contributed by atoms with Gasteiger partial charge in [-0.3, -0.25) is 4.90 Å². The fourth-order valence-corrected chi connectivity index (χ4v) is 3.87. The molecule has 0 bridgehead atoms. The molecular weight excluding hydrogens is 344 g/mol. The Balaban J connectivity index is 1.97. The molecule has 21 heavy (non-hydrogen) atoms. The summed E-state index contributed by atoms with van der Waals surface area (Å²) in [5, 5.41) is 0. The molecule has 102 valence electrons. The van der Waals surface area contributed by atoms with Crippen molar-refractivity contribution >= 4 is 44.9 Å². The highest BCUT2D eigenvalue weighted by atomic mass is 79.9. The molecule has 4 rings (SSSR count). The molecule has 0 radical (unpaired) electrons. The van der Waals surface area contributed by atoms with Crippen LogP contribution in [0, 0.1) is 0 Å². The summed E-state index contributed by atoms with van der Waals surface area (Å²) in [6.07, 6.45) is 0. The Morgan fingerprint density at radius 3 is 2.00 bits per heavy atom. The van der Waals surface area contributed by atoms with Crippen LogP contribution in [0.4, 0.5) is 17.2 Å². The fraction of sp³-hybridized carbons (Fsp3) is 0. The zero-order chi connectivity index (χ0) is 14.2. The molecule has 1 aliphatic rings. The van der Waals surface area contributed by atoms with Crippen LogP contribution in [0.3, 0.4) is 0 Å². The SMILES string of the molecule is Brc1cccc(N2c3ccccc3Sc3ccccc32)n1. The lowest BCUT2D eigenvalue weighted by atomic mass is 10.2. The van der Waals surface area contributed by atoms with Crippen molar-refractivity contribution in [1.29, 1.82) is 0 Å². The first kappa shape index (κ1) is 12.9. The number of nitrogens with zero attached hydrogens (tertiary/aromatic N) is 2. The zero-order valence-electron chi connectivity index (χ0n) is 11.0. The minimum absolute atomic E-state index is 0.841. The lowest BCUT2D eigenvalue weighted by Crippen LogP contribution is -2.15. The smallest absolute Gasteiger partial charge is 0.138 e. The molecule has 0 spiro atoms. The van der Waals surface area contributed by atoms with Crippen LogP contribution in [0.25, 0.3) is 0 Å². The second-order valence-electron chi connectivity index (χ2n) is 4.69. The molecule has 2 heterocycles. The minimum atomic E-state index is 0.841. The molecule has 4 heteroatoms. The number of aromatic nitrogens is 1. The third-order valence-corrected chi connectivity index (χ3v) is 4.93. The Labute approximate surface area is 136 Å². The predicted molar refractivity (Wildman–Crippen MR) is 90.7 cm³/mol. The number of fused-ring (bicyclic) bond motifs is 2. The van der Waals surface area contributed by atoms with Crippen LogP contribution in [0.5, 0.6) is 0 Å². The van der Waals surface area contributed by atoms with Gasteiger partial charge >= 0.3 is 0 Å². The molecular formula is C17H11BrN2S. The number of anilines is 3. The van der Waals surface area contributed by atoms with E-state index in [-0.39, 0.29) is 0 Å². The van der Waals surface area contributed by atoms with Crippen LogP contribution in [-0.4, -0.2) is 4.98 Å². The lowest BCUT2D eigenvalue weighted by Gasteiger charge is -2.31. The average molecular weight is 355 g/mol. The Kier molecular flexibility index (Phi) is 3.20. The molecule has 2 aromatic carbocycles. The van der Waals surface area contributed by atoms with Gasteiger partial charge in [0.05, 0.1) is 11.4 Å². The summed E-state index contributed by atoms with van der Waals surface area (Å²) < 4.78 is 0.841. The summed E-state index contributed by atoms with van der Waals surface area (Å²) in [4.78, 5) is 9.34. The molecule has 1 aromatic heterocycles. The van der Waals surface area contributed by atoms with Gasteiger partial charge in [0.15, 0.2) is 0 Å². The van der Waals surface area contributed by atoms with Crippen molar-refractivity contribution in [2.45, 2.75) is 9.79 Å². The van der Waals surface area contributed by atoms with Crippen molar-refractivity contribution in [2.75, 3.05) is 4.90 Å². The largest absolute Gasteiger partial charge is 0.293 e. The second-order valence-corrected chi connectivity index (χ2v) is 6.59. The number of para-hydroxylation sites is 2. The van der Waals surface area contributed by atoms with Gasteiger partial charge in [0, 0.05) is 9.79 Å². The van der Waals surface area contributed by atoms with E-state index in [0.717, 1.165) is 10.4 Å². The van der Waals surface area contributed by atoms with Gasteiger partial charge < -0.3 is 0 Å². The van der Waals surface area contributed by atoms with Crippen molar-refractivity contribution in [2.24, 2.45) is 0 Å². The van der Waals surface area contributed by atoms with E-state index in [1.807, 2.05) is 18.2 Å².